The van der Waals surface area contributed by atoms with Crippen LogP contribution in [-0.4, -0.2) is 8.42 Å². The van der Waals surface area contributed by atoms with Crippen molar-refractivity contribution in [1.29, 1.82) is 0 Å². The van der Waals surface area contributed by atoms with Crippen LogP contribution in [-0.2, 0) is 28.9 Å². The molecule has 0 fully saturated rings. The fourth-order valence-electron chi connectivity index (χ4n) is 1.83. The van der Waals surface area contributed by atoms with Gasteiger partial charge in [-0.2, -0.15) is 0 Å². The highest BCUT2D eigenvalue weighted by Gasteiger charge is 2.11. The molecule has 4 nitrogen and oxygen atoms in total. The van der Waals surface area contributed by atoms with E-state index in [1.807, 2.05) is 42.5 Å². The van der Waals surface area contributed by atoms with Gasteiger partial charge >= 0.3 is 0 Å². The maximum absolute atomic E-state index is 12.0. The Kier molecular flexibility index (Phi) is 4.89. The van der Waals surface area contributed by atoms with Crippen molar-refractivity contribution in [2.75, 3.05) is 0 Å². The second-order valence-electron chi connectivity index (χ2n) is 4.59. The Labute approximate surface area is 119 Å². The first-order valence-electron chi connectivity index (χ1n) is 6.38. The summed E-state index contributed by atoms with van der Waals surface area (Å²) >= 11 is 0. The summed E-state index contributed by atoms with van der Waals surface area (Å²) in [5, 5.41) is 0. The summed E-state index contributed by atoms with van der Waals surface area (Å²) in [5.74, 6) is -0.0231. The van der Waals surface area contributed by atoms with Gasteiger partial charge in [-0.1, -0.05) is 54.6 Å². The summed E-state index contributed by atoms with van der Waals surface area (Å²) in [6.45, 7) is 0.767. The molecule has 0 heterocycles. The molecule has 2 rings (SSSR count). The Morgan fingerprint density at radius 1 is 0.850 bits per heavy atom. The van der Waals surface area contributed by atoms with Crippen molar-refractivity contribution in [1.82, 2.24) is 4.72 Å². The van der Waals surface area contributed by atoms with Gasteiger partial charge in [-0.15, -0.1) is 0 Å². The molecule has 0 amide bonds. The third-order valence-electron chi connectivity index (χ3n) is 2.95. The average Bonchev–Trinajstić information content (AvgIpc) is 2.47. The third-order valence-corrected chi connectivity index (χ3v) is 4.25. The number of hydrogen-bond acceptors (Lipinski definition) is 3. The molecular weight excluding hydrogens is 272 g/mol. The number of benzene rings is 2. The average molecular weight is 290 g/mol. The summed E-state index contributed by atoms with van der Waals surface area (Å²) in [6.07, 6.45) is 0. The highest BCUT2D eigenvalue weighted by atomic mass is 32.2. The van der Waals surface area contributed by atoms with E-state index in [9.17, 15) is 8.42 Å². The molecular formula is C15H18N2O2S. The molecule has 106 valence electrons. The second kappa shape index (κ2) is 6.65. The molecule has 2 aromatic carbocycles. The van der Waals surface area contributed by atoms with E-state index in [-0.39, 0.29) is 5.75 Å². The van der Waals surface area contributed by atoms with Crippen molar-refractivity contribution in [2.45, 2.75) is 18.8 Å². The van der Waals surface area contributed by atoms with Gasteiger partial charge in [0.15, 0.2) is 0 Å². The molecule has 0 aliphatic carbocycles. The highest BCUT2D eigenvalue weighted by molar-refractivity contribution is 7.88. The molecule has 3 N–H and O–H groups in total. The van der Waals surface area contributed by atoms with E-state index in [0.717, 1.165) is 16.7 Å². The molecule has 0 spiro atoms. The van der Waals surface area contributed by atoms with Gasteiger partial charge in [-0.05, 0) is 16.7 Å². The molecule has 0 aromatic heterocycles. The number of nitrogens with two attached hydrogens (primary N) is 1. The number of rotatable bonds is 6. The van der Waals surface area contributed by atoms with E-state index < -0.39 is 10.0 Å². The number of hydrogen-bond donors (Lipinski definition) is 2. The van der Waals surface area contributed by atoms with Gasteiger partial charge in [0.2, 0.25) is 10.0 Å². The Bertz CT molecular complexity index is 637. The van der Waals surface area contributed by atoms with E-state index in [2.05, 4.69) is 4.72 Å². The van der Waals surface area contributed by atoms with Crippen LogP contribution in [0.2, 0.25) is 0 Å². The van der Waals surface area contributed by atoms with Crippen molar-refractivity contribution in [2.24, 2.45) is 5.73 Å². The normalized spacial score (nSPS) is 11.4. The maximum atomic E-state index is 12.0. The van der Waals surface area contributed by atoms with Crippen LogP contribution in [0, 0.1) is 0 Å². The fourth-order valence-corrected chi connectivity index (χ4v) is 2.95. The minimum absolute atomic E-state index is 0.0231. The molecule has 0 atom stereocenters. The molecule has 0 saturated heterocycles. The standard InChI is InChI=1S/C15H18N2O2S/c16-10-13-6-8-15(9-7-13)12-20(18,19)17-11-14-4-2-1-3-5-14/h1-9,17H,10-12,16H2. The lowest BCUT2D eigenvalue weighted by atomic mass is 10.1. The largest absolute Gasteiger partial charge is 0.326 e. The molecule has 0 bridgehead atoms. The quantitative estimate of drug-likeness (QED) is 0.851. The Morgan fingerprint density at radius 3 is 2.05 bits per heavy atom. The summed E-state index contributed by atoms with van der Waals surface area (Å²) < 4.78 is 26.6. The molecule has 0 radical (unpaired) electrons. The molecule has 2 aromatic rings. The lowest BCUT2D eigenvalue weighted by Crippen LogP contribution is -2.24. The molecule has 0 saturated carbocycles. The number of nitrogens with one attached hydrogen (secondary N) is 1. The van der Waals surface area contributed by atoms with Gasteiger partial charge in [-0.25, -0.2) is 13.1 Å². The Morgan fingerprint density at radius 2 is 1.45 bits per heavy atom. The maximum Gasteiger partial charge on any atom is 0.216 e. The van der Waals surface area contributed by atoms with Crippen LogP contribution in [0.1, 0.15) is 16.7 Å². The molecule has 0 unspecified atom stereocenters. The van der Waals surface area contributed by atoms with Crippen LogP contribution in [0.4, 0.5) is 0 Å². The Balaban J connectivity index is 1.96. The van der Waals surface area contributed by atoms with Crippen LogP contribution in [0.3, 0.4) is 0 Å². The molecule has 0 aliphatic rings. The minimum Gasteiger partial charge on any atom is -0.326 e. The zero-order chi connectivity index (χ0) is 14.4. The summed E-state index contributed by atoms with van der Waals surface area (Å²) in [7, 11) is -3.33. The van der Waals surface area contributed by atoms with Gasteiger partial charge in [0, 0.05) is 13.1 Å². The van der Waals surface area contributed by atoms with Crippen molar-refractivity contribution >= 4 is 10.0 Å². The van der Waals surface area contributed by atoms with E-state index in [1.54, 1.807) is 12.1 Å². The van der Waals surface area contributed by atoms with E-state index >= 15 is 0 Å². The van der Waals surface area contributed by atoms with Gasteiger partial charge in [-0.3, -0.25) is 0 Å². The summed E-state index contributed by atoms with van der Waals surface area (Å²) in [6, 6.07) is 16.7. The second-order valence-corrected chi connectivity index (χ2v) is 6.39. The fraction of sp³-hybridized carbons (Fsp3) is 0.200. The Hall–Kier alpha value is -1.69. The van der Waals surface area contributed by atoms with E-state index in [0.29, 0.717) is 13.1 Å². The van der Waals surface area contributed by atoms with Crippen molar-refractivity contribution in [3.63, 3.8) is 0 Å². The van der Waals surface area contributed by atoms with Crippen LogP contribution >= 0.6 is 0 Å². The van der Waals surface area contributed by atoms with Crippen molar-refractivity contribution in [3.05, 3.63) is 71.3 Å². The zero-order valence-electron chi connectivity index (χ0n) is 11.1. The van der Waals surface area contributed by atoms with Crippen LogP contribution in [0.5, 0.6) is 0 Å². The lowest BCUT2D eigenvalue weighted by Gasteiger charge is -2.07. The first kappa shape index (κ1) is 14.7. The molecule has 0 aliphatic heterocycles. The monoisotopic (exact) mass is 290 g/mol. The minimum atomic E-state index is -3.33. The summed E-state index contributed by atoms with van der Waals surface area (Å²) in [5.41, 5.74) is 8.19. The van der Waals surface area contributed by atoms with E-state index in [1.165, 1.54) is 0 Å². The first-order valence-corrected chi connectivity index (χ1v) is 8.03. The van der Waals surface area contributed by atoms with Crippen molar-refractivity contribution in [3.8, 4) is 0 Å². The van der Waals surface area contributed by atoms with Crippen LogP contribution < -0.4 is 10.5 Å². The smallest absolute Gasteiger partial charge is 0.216 e. The van der Waals surface area contributed by atoms with Crippen molar-refractivity contribution < 1.29 is 8.42 Å². The van der Waals surface area contributed by atoms with Gasteiger partial charge in [0.05, 0.1) is 5.75 Å². The van der Waals surface area contributed by atoms with E-state index in [4.69, 9.17) is 5.73 Å². The zero-order valence-corrected chi connectivity index (χ0v) is 11.9. The van der Waals surface area contributed by atoms with Crippen LogP contribution in [0.25, 0.3) is 0 Å². The summed E-state index contributed by atoms with van der Waals surface area (Å²) in [4.78, 5) is 0. The third kappa shape index (κ3) is 4.45. The van der Waals surface area contributed by atoms with Gasteiger partial charge < -0.3 is 5.73 Å². The highest BCUT2D eigenvalue weighted by Crippen LogP contribution is 2.08. The van der Waals surface area contributed by atoms with Crippen LogP contribution in [0.15, 0.2) is 54.6 Å². The topological polar surface area (TPSA) is 72.2 Å². The van der Waals surface area contributed by atoms with Gasteiger partial charge in [0.1, 0.15) is 0 Å². The SMILES string of the molecule is NCc1ccc(CS(=O)(=O)NCc2ccccc2)cc1. The molecule has 20 heavy (non-hydrogen) atoms. The lowest BCUT2D eigenvalue weighted by molar-refractivity contribution is 0.580. The van der Waals surface area contributed by atoms with Gasteiger partial charge in [0.25, 0.3) is 0 Å². The predicted octanol–water partition coefficient (Wildman–Crippen LogP) is 1.76. The first-order chi connectivity index (χ1) is 9.59. The molecule has 5 heteroatoms. The predicted molar refractivity (Wildman–Crippen MR) is 80.2 cm³/mol. The number of sulfonamides is 1.